The van der Waals surface area contributed by atoms with Crippen LogP contribution < -0.4 is 0 Å². The lowest BCUT2D eigenvalue weighted by Crippen LogP contribution is -2.40. The van der Waals surface area contributed by atoms with E-state index in [4.69, 9.17) is 4.74 Å². The van der Waals surface area contributed by atoms with Crippen molar-refractivity contribution in [3.63, 3.8) is 0 Å². The third-order valence-electron chi connectivity index (χ3n) is 6.40. The van der Waals surface area contributed by atoms with Gasteiger partial charge < -0.3 is 4.74 Å². The number of ether oxygens (including phenoxy) is 1. The van der Waals surface area contributed by atoms with Crippen LogP contribution in [0.4, 0.5) is 0 Å². The molecule has 0 spiro atoms. The molecule has 2 bridgehead atoms. The van der Waals surface area contributed by atoms with Gasteiger partial charge in [0.25, 0.3) is 0 Å². The summed E-state index contributed by atoms with van der Waals surface area (Å²) in [7, 11) is 0. The van der Waals surface area contributed by atoms with Gasteiger partial charge in [0.05, 0.1) is 5.41 Å². The number of carbonyl (C=O) groups excluding carboxylic acids is 1. The molecule has 2 nitrogen and oxygen atoms in total. The highest BCUT2D eigenvalue weighted by atomic mass is 16.5. The van der Waals surface area contributed by atoms with E-state index in [0.29, 0.717) is 5.41 Å². The average molecular weight is 252 g/mol. The van der Waals surface area contributed by atoms with Crippen molar-refractivity contribution in [1.29, 1.82) is 0 Å². The zero-order valence-electron chi connectivity index (χ0n) is 12.8. The zero-order chi connectivity index (χ0) is 13.8. The van der Waals surface area contributed by atoms with Crippen molar-refractivity contribution >= 4 is 5.97 Å². The van der Waals surface area contributed by atoms with Crippen molar-refractivity contribution in [2.24, 2.45) is 22.2 Å². The molecule has 3 unspecified atom stereocenters. The van der Waals surface area contributed by atoms with Gasteiger partial charge in [-0.05, 0) is 50.9 Å². The summed E-state index contributed by atoms with van der Waals surface area (Å²) in [5, 5.41) is 0. The first kappa shape index (κ1) is 13.9. The Morgan fingerprint density at radius 1 is 1.33 bits per heavy atom. The molecule has 104 valence electrons. The Balaban J connectivity index is 2.12. The maximum atomic E-state index is 12.3. The molecular weight excluding hydrogens is 224 g/mol. The second-order valence-corrected chi connectivity index (χ2v) is 7.74. The summed E-state index contributed by atoms with van der Waals surface area (Å²) in [5.41, 5.74) is 0.147. The first-order valence-electron chi connectivity index (χ1n) is 7.36. The normalized spacial score (nSPS) is 37.9. The Morgan fingerprint density at radius 3 is 2.33 bits per heavy atom. The fourth-order valence-corrected chi connectivity index (χ4v) is 3.74. The topological polar surface area (TPSA) is 26.3 Å². The van der Waals surface area contributed by atoms with E-state index in [1.54, 1.807) is 0 Å². The summed E-state index contributed by atoms with van der Waals surface area (Å²) in [4.78, 5) is 12.3. The third-order valence-corrected chi connectivity index (χ3v) is 6.40. The lowest BCUT2D eigenvalue weighted by Gasteiger charge is -2.39. The fourth-order valence-electron chi connectivity index (χ4n) is 3.74. The van der Waals surface area contributed by atoms with Gasteiger partial charge in [0.15, 0.2) is 0 Å². The molecule has 0 heterocycles. The van der Waals surface area contributed by atoms with Gasteiger partial charge in [-0.1, -0.05) is 27.7 Å². The molecule has 0 aliphatic heterocycles. The molecule has 3 atom stereocenters. The molecular formula is C16H28O2. The summed E-state index contributed by atoms with van der Waals surface area (Å²) in [6.45, 7) is 13.0. The van der Waals surface area contributed by atoms with E-state index in [0.717, 1.165) is 18.8 Å². The van der Waals surface area contributed by atoms with E-state index in [2.05, 4.69) is 20.8 Å². The van der Waals surface area contributed by atoms with Crippen LogP contribution in [0.3, 0.4) is 0 Å². The van der Waals surface area contributed by atoms with Gasteiger partial charge in [0.2, 0.25) is 0 Å². The Bertz CT molecular complexity index is 356. The molecule has 2 saturated carbocycles. The van der Waals surface area contributed by atoms with Crippen molar-refractivity contribution in [2.75, 3.05) is 0 Å². The maximum absolute atomic E-state index is 12.3. The van der Waals surface area contributed by atoms with E-state index < -0.39 is 0 Å². The Hall–Kier alpha value is -0.530. The molecule has 2 aliphatic rings. The molecule has 2 fully saturated rings. The average Bonchev–Trinajstić information content (AvgIpc) is 2.62. The highest BCUT2D eigenvalue weighted by molar-refractivity contribution is 5.76. The lowest BCUT2D eigenvalue weighted by atomic mass is 9.70. The number of rotatable bonds is 3. The van der Waals surface area contributed by atoms with E-state index >= 15 is 0 Å². The van der Waals surface area contributed by atoms with Crippen LogP contribution in [-0.2, 0) is 9.53 Å². The summed E-state index contributed by atoms with van der Waals surface area (Å²) in [5.74, 6) is 0.713. The summed E-state index contributed by atoms with van der Waals surface area (Å²) in [6.07, 6.45) is 4.53. The molecule has 18 heavy (non-hydrogen) atoms. The highest BCUT2D eigenvalue weighted by Gasteiger charge is 2.63. The van der Waals surface area contributed by atoms with Crippen molar-refractivity contribution in [3.05, 3.63) is 0 Å². The van der Waals surface area contributed by atoms with Gasteiger partial charge in [0, 0.05) is 5.41 Å². The van der Waals surface area contributed by atoms with Gasteiger partial charge in [-0.15, -0.1) is 0 Å². The van der Waals surface area contributed by atoms with Gasteiger partial charge >= 0.3 is 5.97 Å². The molecule has 2 aliphatic carbocycles. The van der Waals surface area contributed by atoms with E-state index in [-0.39, 0.29) is 22.9 Å². The quantitative estimate of drug-likeness (QED) is 0.704. The Morgan fingerprint density at radius 2 is 1.94 bits per heavy atom. The van der Waals surface area contributed by atoms with E-state index in [9.17, 15) is 4.79 Å². The van der Waals surface area contributed by atoms with Gasteiger partial charge in [-0.3, -0.25) is 4.79 Å². The van der Waals surface area contributed by atoms with Crippen LogP contribution in [0.1, 0.15) is 67.2 Å². The number of fused-ring (bicyclic) bond motifs is 2. The Kier molecular flexibility index (Phi) is 3.07. The van der Waals surface area contributed by atoms with Gasteiger partial charge in [-0.25, -0.2) is 0 Å². The van der Waals surface area contributed by atoms with Crippen LogP contribution in [0, 0.1) is 22.2 Å². The first-order valence-corrected chi connectivity index (χ1v) is 7.36. The zero-order valence-corrected chi connectivity index (χ0v) is 12.8. The smallest absolute Gasteiger partial charge is 0.311 e. The lowest BCUT2D eigenvalue weighted by molar-refractivity contribution is -0.167. The second kappa shape index (κ2) is 3.98. The van der Waals surface area contributed by atoms with Gasteiger partial charge in [0.1, 0.15) is 6.10 Å². The first-order chi connectivity index (χ1) is 8.15. The summed E-state index contributed by atoms with van der Waals surface area (Å²) >= 11 is 0. The summed E-state index contributed by atoms with van der Waals surface area (Å²) in [6, 6.07) is 0. The van der Waals surface area contributed by atoms with Crippen LogP contribution in [0.5, 0.6) is 0 Å². The van der Waals surface area contributed by atoms with Crippen LogP contribution in [0.2, 0.25) is 0 Å². The van der Waals surface area contributed by atoms with Crippen molar-refractivity contribution in [1.82, 2.24) is 0 Å². The van der Waals surface area contributed by atoms with Crippen molar-refractivity contribution in [3.8, 4) is 0 Å². The minimum atomic E-state index is -0.345. The molecule has 0 aromatic rings. The number of hydrogen-bond donors (Lipinski definition) is 0. The predicted molar refractivity (Wildman–Crippen MR) is 73.2 cm³/mol. The highest BCUT2D eigenvalue weighted by Crippen LogP contribution is 2.66. The minimum Gasteiger partial charge on any atom is -0.461 e. The van der Waals surface area contributed by atoms with Crippen molar-refractivity contribution in [2.45, 2.75) is 73.3 Å². The van der Waals surface area contributed by atoms with E-state index in [1.165, 1.54) is 12.8 Å². The van der Waals surface area contributed by atoms with Crippen molar-refractivity contribution < 1.29 is 9.53 Å². The second-order valence-electron chi connectivity index (χ2n) is 7.74. The Labute approximate surface area is 111 Å². The molecule has 2 rings (SSSR count). The molecule has 0 radical (unpaired) electrons. The third kappa shape index (κ3) is 1.71. The van der Waals surface area contributed by atoms with Gasteiger partial charge in [-0.2, -0.15) is 0 Å². The number of carbonyl (C=O) groups is 1. The molecule has 0 saturated heterocycles. The summed E-state index contributed by atoms with van der Waals surface area (Å²) < 4.78 is 5.90. The standard InChI is InChI=1S/C16H28O2/c1-7-14(2,3)13(17)18-12-10-11-8-9-16(12,6)15(11,4)5/h11-12H,7-10H2,1-6H3. The van der Waals surface area contributed by atoms with Crippen LogP contribution in [-0.4, -0.2) is 12.1 Å². The maximum Gasteiger partial charge on any atom is 0.311 e. The fraction of sp³-hybridized carbons (Fsp3) is 0.938. The molecule has 2 heteroatoms. The monoisotopic (exact) mass is 252 g/mol. The van der Waals surface area contributed by atoms with Crippen LogP contribution in [0.15, 0.2) is 0 Å². The van der Waals surface area contributed by atoms with E-state index in [1.807, 2.05) is 20.8 Å². The molecule has 0 amide bonds. The van der Waals surface area contributed by atoms with Crippen LogP contribution in [0.25, 0.3) is 0 Å². The number of hydrogen-bond acceptors (Lipinski definition) is 2. The van der Waals surface area contributed by atoms with Crippen LogP contribution >= 0.6 is 0 Å². The molecule has 0 aromatic carbocycles. The predicted octanol–water partition coefficient (Wildman–Crippen LogP) is 4.18. The number of esters is 1. The molecule has 0 aromatic heterocycles. The SMILES string of the molecule is CCC(C)(C)C(=O)OC1CC2CCC1(C)C2(C)C. The minimum absolute atomic E-state index is 0.0143. The molecule has 0 N–H and O–H groups in total. The largest absolute Gasteiger partial charge is 0.461 e.